The van der Waals surface area contributed by atoms with Gasteiger partial charge in [-0.1, -0.05) is 13.3 Å². The van der Waals surface area contributed by atoms with E-state index in [0.29, 0.717) is 24.9 Å². The van der Waals surface area contributed by atoms with E-state index in [9.17, 15) is 14.7 Å². The van der Waals surface area contributed by atoms with Crippen LogP contribution in [0.15, 0.2) is 0 Å². The molecule has 5 atom stereocenters. The first-order valence-corrected chi connectivity index (χ1v) is 7.77. The van der Waals surface area contributed by atoms with Crippen molar-refractivity contribution >= 4 is 11.9 Å². The fourth-order valence-electron chi connectivity index (χ4n) is 5.42. The topological polar surface area (TPSA) is 63.6 Å². The molecule has 0 amide bonds. The summed E-state index contributed by atoms with van der Waals surface area (Å²) in [6.07, 6.45) is 5.21. The van der Waals surface area contributed by atoms with Gasteiger partial charge in [-0.05, 0) is 55.8 Å². The number of rotatable bonds is 1. The molecule has 0 radical (unpaired) electrons. The van der Waals surface area contributed by atoms with Crippen LogP contribution in [0.25, 0.3) is 0 Å². The number of aliphatic carboxylic acids is 1. The first kappa shape index (κ1) is 13.9. The highest BCUT2D eigenvalue weighted by Gasteiger charge is 2.59. The molecule has 20 heavy (non-hydrogen) atoms. The molecule has 3 rings (SSSR count). The second-order valence-corrected chi connectivity index (χ2v) is 7.47. The van der Waals surface area contributed by atoms with Gasteiger partial charge in [-0.2, -0.15) is 0 Å². The first-order chi connectivity index (χ1) is 9.38. The summed E-state index contributed by atoms with van der Waals surface area (Å²) in [7, 11) is 0. The second kappa shape index (κ2) is 4.47. The highest BCUT2D eigenvalue weighted by molar-refractivity contribution is 5.75. The third kappa shape index (κ3) is 1.80. The molecule has 0 unspecified atom stereocenters. The molecule has 2 aliphatic carbocycles. The highest BCUT2D eigenvalue weighted by Crippen LogP contribution is 2.62. The largest absolute Gasteiger partial charge is 0.481 e. The number of ether oxygens (including phenoxy) is 1. The Morgan fingerprint density at radius 2 is 2.05 bits per heavy atom. The smallest absolute Gasteiger partial charge is 0.309 e. The summed E-state index contributed by atoms with van der Waals surface area (Å²) >= 11 is 0. The zero-order chi connectivity index (χ0) is 14.5. The minimum absolute atomic E-state index is 0.0201. The van der Waals surface area contributed by atoms with Crippen LogP contribution in [0.2, 0.25) is 0 Å². The summed E-state index contributed by atoms with van der Waals surface area (Å²) in [5.74, 6) is 0.168. The molecule has 0 aromatic rings. The normalized spacial score (nSPS) is 47.9. The van der Waals surface area contributed by atoms with Crippen molar-refractivity contribution in [1.82, 2.24) is 0 Å². The number of carboxylic acids is 1. The zero-order valence-electron chi connectivity index (χ0n) is 12.4. The van der Waals surface area contributed by atoms with Crippen molar-refractivity contribution in [2.24, 2.45) is 28.6 Å². The maximum absolute atomic E-state index is 11.8. The third-order valence-electron chi connectivity index (χ3n) is 6.55. The van der Waals surface area contributed by atoms with E-state index in [1.165, 1.54) is 0 Å². The quantitative estimate of drug-likeness (QED) is 0.750. The molecule has 2 saturated carbocycles. The highest BCUT2D eigenvalue weighted by atomic mass is 16.5. The summed E-state index contributed by atoms with van der Waals surface area (Å²) in [5, 5.41) is 9.71. The van der Waals surface area contributed by atoms with E-state index in [-0.39, 0.29) is 17.3 Å². The fraction of sp³-hybridized carbons (Fsp3) is 0.875. The number of fused-ring (bicyclic) bond motifs is 3. The van der Waals surface area contributed by atoms with Crippen LogP contribution in [0.4, 0.5) is 0 Å². The lowest BCUT2D eigenvalue weighted by molar-refractivity contribution is -0.183. The molecule has 4 heteroatoms. The van der Waals surface area contributed by atoms with Crippen molar-refractivity contribution in [2.75, 3.05) is 6.61 Å². The number of carbonyl (C=O) groups is 2. The van der Waals surface area contributed by atoms with Gasteiger partial charge >= 0.3 is 11.9 Å². The van der Waals surface area contributed by atoms with Crippen LogP contribution in [0.3, 0.4) is 0 Å². The molecule has 112 valence electrons. The molecule has 0 bridgehead atoms. The van der Waals surface area contributed by atoms with Gasteiger partial charge in [0.15, 0.2) is 0 Å². The Kier molecular flexibility index (Phi) is 3.11. The van der Waals surface area contributed by atoms with Crippen molar-refractivity contribution in [2.45, 2.75) is 52.4 Å². The van der Waals surface area contributed by atoms with E-state index in [1.807, 2.05) is 6.92 Å². The third-order valence-corrected chi connectivity index (χ3v) is 6.55. The minimum atomic E-state index is -0.662. The average molecular weight is 280 g/mol. The average Bonchev–Trinajstić information content (AvgIpc) is 2.39. The molecule has 0 aromatic carbocycles. The molecule has 3 fully saturated rings. The summed E-state index contributed by atoms with van der Waals surface area (Å²) in [6, 6.07) is 0. The second-order valence-electron chi connectivity index (χ2n) is 7.47. The lowest BCUT2D eigenvalue weighted by atomic mass is 9.45. The molecular weight excluding hydrogens is 256 g/mol. The van der Waals surface area contributed by atoms with E-state index in [1.54, 1.807) is 0 Å². The maximum Gasteiger partial charge on any atom is 0.309 e. The van der Waals surface area contributed by atoms with Gasteiger partial charge in [-0.15, -0.1) is 0 Å². The number of hydrogen-bond acceptors (Lipinski definition) is 3. The van der Waals surface area contributed by atoms with Crippen LogP contribution in [-0.2, 0) is 14.3 Å². The van der Waals surface area contributed by atoms with E-state index >= 15 is 0 Å². The van der Waals surface area contributed by atoms with E-state index in [4.69, 9.17) is 4.74 Å². The number of carbonyl (C=O) groups excluding carboxylic acids is 1. The maximum atomic E-state index is 11.8. The SMILES string of the molecule is C[C@]12CCC[C@](C)(C(=O)O)[C@@H]1CC[C@@H]1COC(=O)C[C@@H]12. The van der Waals surface area contributed by atoms with Crippen LogP contribution in [0.5, 0.6) is 0 Å². The van der Waals surface area contributed by atoms with Crippen molar-refractivity contribution in [3.05, 3.63) is 0 Å². The molecule has 0 aromatic heterocycles. The summed E-state index contributed by atoms with van der Waals surface area (Å²) in [4.78, 5) is 23.5. The molecule has 0 spiro atoms. The lowest BCUT2D eigenvalue weighted by Crippen LogP contribution is -2.57. The zero-order valence-corrected chi connectivity index (χ0v) is 12.4. The van der Waals surface area contributed by atoms with E-state index in [0.717, 1.165) is 32.1 Å². The van der Waals surface area contributed by atoms with Gasteiger partial charge in [-0.25, -0.2) is 0 Å². The van der Waals surface area contributed by atoms with E-state index < -0.39 is 11.4 Å². The molecule has 4 nitrogen and oxygen atoms in total. The number of cyclic esters (lactones) is 1. The molecule has 1 aliphatic heterocycles. The van der Waals surface area contributed by atoms with Crippen molar-refractivity contribution in [3.8, 4) is 0 Å². The first-order valence-electron chi connectivity index (χ1n) is 7.77. The van der Waals surface area contributed by atoms with Crippen LogP contribution >= 0.6 is 0 Å². The predicted octanol–water partition coefficient (Wildman–Crippen LogP) is 2.86. The lowest BCUT2D eigenvalue weighted by Gasteiger charge is -2.59. The molecular formula is C16H24O4. The van der Waals surface area contributed by atoms with Gasteiger partial charge in [0, 0.05) is 6.42 Å². The standard InChI is InChI=1S/C16H24O4/c1-15-6-3-7-16(2,14(18)19)12(15)5-4-10-9-20-13(17)8-11(10)15/h10-12H,3-9H2,1-2H3,(H,18,19)/t10-,11+,12-,15-,16+/m1/s1. The summed E-state index contributed by atoms with van der Waals surface area (Å²) < 4.78 is 5.22. The van der Waals surface area contributed by atoms with Gasteiger partial charge in [0.2, 0.25) is 0 Å². The Hall–Kier alpha value is -1.06. The van der Waals surface area contributed by atoms with Gasteiger partial charge in [0.1, 0.15) is 0 Å². The van der Waals surface area contributed by atoms with Gasteiger partial charge in [0.05, 0.1) is 12.0 Å². The Morgan fingerprint density at radius 1 is 1.30 bits per heavy atom. The minimum Gasteiger partial charge on any atom is -0.481 e. The van der Waals surface area contributed by atoms with Crippen molar-refractivity contribution in [1.29, 1.82) is 0 Å². The Morgan fingerprint density at radius 3 is 2.75 bits per heavy atom. The monoisotopic (exact) mass is 280 g/mol. The Balaban J connectivity index is 1.96. The Bertz CT molecular complexity index is 446. The van der Waals surface area contributed by atoms with Crippen LogP contribution < -0.4 is 0 Å². The predicted molar refractivity (Wildman–Crippen MR) is 73.0 cm³/mol. The summed E-state index contributed by atoms with van der Waals surface area (Å²) in [5.41, 5.74) is -0.646. The van der Waals surface area contributed by atoms with Crippen LogP contribution in [-0.4, -0.2) is 23.7 Å². The number of carboxylic acid groups (broad SMARTS) is 1. The number of esters is 1. The number of hydrogen-bond donors (Lipinski definition) is 1. The molecule has 1 heterocycles. The fourth-order valence-corrected chi connectivity index (χ4v) is 5.42. The van der Waals surface area contributed by atoms with Crippen LogP contribution in [0, 0.1) is 28.6 Å². The van der Waals surface area contributed by atoms with Crippen molar-refractivity contribution in [3.63, 3.8) is 0 Å². The van der Waals surface area contributed by atoms with E-state index in [2.05, 4.69) is 6.92 Å². The van der Waals surface area contributed by atoms with Crippen LogP contribution in [0.1, 0.15) is 52.4 Å². The van der Waals surface area contributed by atoms with Crippen molar-refractivity contribution < 1.29 is 19.4 Å². The molecule has 1 saturated heterocycles. The molecule has 1 N–H and O–H groups in total. The molecule has 3 aliphatic rings. The summed E-state index contributed by atoms with van der Waals surface area (Å²) in [6.45, 7) is 4.68. The van der Waals surface area contributed by atoms with Gasteiger partial charge in [-0.3, -0.25) is 9.59 Å². The van der Waals surface area contributed by atoms with Gasteiger partial charge in [0.25, 0.3) is 0 Å². The van der Waals surface area contributed by atoms with Gasteiger partial charge < -0.3 is 9.84 Å². The Labute approximate surface area is 119 Å².